The topological polar surface area (TPSA) is 58.4 Å². The van der Waals surface area contributed by atoms with Gasteiger partial charge in [-0.05, 0) is 19.8 Å². The molecule has 0 aliphatic heterocycles. The highest BCUT2D eigenvalue weighted by molar-refractivity contribution is 5.95. The monoisotopic (exact) mass is 251 g/mol. The van der Waals surface area contributed by atoms with Crippen LogP contribution in [0, 0.1) is 6.92 Å². The van der Waals surface area contributed by atoms with Crippen molar-refractivity contribution in [3.05, 3.63) is 17.5 Å². The van der Waals surface area contributed by atoms with Crippen molar-refractivity contribution in [1.82, 2.24) is 14.7 Å². The maximum absolute atomic E-state index is 12.5. The predicted octanol–water partition coefficient (Wildman–Crippen LogP) is 1.11. The van der Waals surface area contributed by atoms with Crippen LogP contribution in [0.15, 0.2) is 6.20 Å². The van der Waals surface area contributed by atoms with Crippen LogP contribution in [0.5, 0.6) is 0 Å². The van der Waals surface area contributed by atoms with Gasteiger partial charge >= 0.3 is 0 Å². The maximum atomic E-state index is 12.5. The molecule has 1 amide bonds. The van der Waals surface area contributed by atoms with E-state index in [1.807, 2.05) is 18.9 Å². The van der Waals surface area contributed by atoms with Crippen molar-refractivity contribution in [3.8, 4) is 0 Å². The summed E-state index contributed by atoms with van der Waals surface area (Å²) in [4.78, 5) is 14.3. The zero-order valence-electron chi connectivity index (χ0n) is 11.1. The number of amides is 1. The summed E-state index contributed by atoms with van der Waals surface area (Å²) in [7, 11) is 1.82. The average Bonchev–Trinajstić information content (AvgIpc) is 2.95. The average molecular weight is 251 g/mol. The van der Waals surface area contributed by atoms with Gasteiger partial charge in [-0.25, -0.2) is 0 Å². The molecule has 0 bridgehead atoms. The van der Waals surface area contributed by atoms with Crippen LogP contribution in [-0.2, 0) is 7.05 Å². The van der Waals surface area contributed by atoms with Crippen LogP contribution < -0.4 is 0 Å². The Kier molecular flexibility index (Phi) is 4.01. The molecule has 5 heteroatoms. The lowest BCUT2D eigenvalue weighted by atomic mass is 10.1. The summed E-state index contributed by atoms with van der Waals surface area (Å²) in [5, 5.41) is 13.4. The number of hydrogen-bond acceptors (Lipinski definition) is 3. The van der Waals surface area contributed by atoms with E-state index < -0.39 is 0 Å². The minimum absolute atomic E-state index is 0.00144. The fraction of sp³-hybridized carbons (Fsp3) is 0.692. The molecule has 0 atom stereocenters. The maximum Gasteiger partial charge on any atom is 0.257 e. The number of carbonyl (C=O) groups excluding carboxylic acids is 1. The molecule has 1 aromatic heterocycles. The van der Waals surface area contributed by atoms with Crippen LogP contribution in [0.1, 0.15) is 41.7 Å². The molecule has 1 aromatic rings. The van der Waals surface area contributed by atoms with Crippen molar-refractivity contribution < 1.29 is 9.90 Å². The molecule has 1 aliphatic rings. The Morgan fingerprint density at radius 2 is 2.22 bits per heavy atom. The van der Waals surface area contributed by atoms with Gasteiger partial charge in [0.15, 0.2) is 0 Å². The first-order valence-electron chi connectivity index (χ1n) is 6.55. The SMILES string of the molecule is Cc1nn(C)cc1C(=O)N(CCO)C1CCCC1. The summed E-state index contributed by atoms with van der Waals surface area (Å²) in [6, 6.07) is 0.282. The summed E-state index contributed by atoms with van der Waals surface area (Å²) in [6.07, 6.45) is 6.20. The Hall–Kier alpha value is -1.36. The quantitative estimate of drug-likeness (QED) is 0.872. The first-order chi connectivity index (χ1) is 8.63. The molecule has 1 heterocycles. The molecule has 1 N–H and O–H groups in total. The van der Waals surface area contributed by atoms with Crippen LogP contribution >= 0.6 is 0 Å². The molecular weight excluding hydrogens is 230 g/mol. The Bertz CT molecular complexity index is 422. The minimum Gasteiger partial charge on any atom is -0.395 e. The highest BCUT2D eigenvalue weighted by Gasteiger charge is 2.28. The Morgan fingerprint density at radius 1 is 1.56 bits per heavy atom. The molecule has 0 unspecified atom stereocenters. The van der Waals surface area contributed by atoms with Crippen LogP contribution in [0.4, 0.5) is 0 Å². The van der Waals surface area contributed by atoms with Gasteiger partial charge in [-0.15, -0.1) is 0 Å². The number of rotatable bonds is 4. The van der Waals surface area contributed by atoms with Crippen molar-refractivity contribution in [2.45, 2.75) is 38.6 Å². The molecular formula is C13H21N3O2. The van der Waals surface area contributed by atoms with Gasteiger partial charge in [0.2, 0.25) is 0 Å². The Morgan fingerprint density at radius 3 is 2.72 bits per heavy atom. The summed E-state index contributed by atoms with van der Waals surface area (Å²) in [5.74, 6) is 0.00144. The molecule has 0 radical (unpaired) electrons. The van der Waals surface area contributed by atoms with Gasteiger partial charge in [0, 0.05) is 25.8 Å². The third kappa shape index (κ3) is 2.56. The second-order valence-electron chi connectivity index (χ2n) is 4.96. The van der Waals surface area contributed by atoms with Crippen molar-refractivity contribution in [3.63, 3.8) is 0 Å². The molecule has 2 rings (SSSR count). The van der Waals surface area contributed by atoms with Gasteiger partial charge in [0.05, 0.1) is 17.9 Å². The van der Waals surface area contributed by atoms with E-state index in [2.05, 4.69) is 5.10 Å². The zero-order valence-corrected chi connectivity index (χ0v) is 11.1. The molecule has 1 aliphatic carbocycles. The molecule has 100 valence electrons. The number of aliphatic hydroxyl groups is 1. The van der Waals surface area contributed by atoms with Crippen LogP contribution in [0.25, 0.3) is 0 Å². The molecule has 1 saturated carbocycles. The molecule has 0 aromatic carbocycles. The van der Waals surface area contributed by atoms with Crippen LogP contribution in [0.3, 0.4) is 0 Å². The van der Waals surface area contributed by atoms with Gasteiger partial charge in [-0.2, -0.15) is 5.10 Å². The van der Waals surface area contributed by atoms with Crippen molar-refractivity contribution >= 4 is 5.91 Å². The normalized spacial score (nSPS) is 16.2. The van der Waals surface area contributed by atoms with E-state index in [-0.39, 0.29) is 18.6 Å². The smallest absolute Gasteiger partial charge is 0.257 e. The molecule has 18 heavy (non-hydrogen) atoms. The minimum atomic E-state index is 0.00144. The van der Waals surface area contributed by atoms with Gasteiger partial charge in [0.1, 0.15) is 0 Å². The number of aromatic nitrogens is 2. The number of hydrogen-bond donors (Lipinski definition) is 1. The summed E-state index contributed by atoms with van der Waals surface area (Å²) < 4.78 is 1.66. The number of nitrogens with zero attached hydrogens (tertiary/aromatic N) is 3. The van der Waals surface area contributed by atoms with Crippen molar-refractivity contribution in [2.75, 3.05) is 13.2 Å². The second-order valence-corrected chi connectivity index (χ2v) is 4.96. The molecule has 0 spiro atoms. The van der Waals surface area contributed by atoms with Crippen molar-refractivity contribution in [1.29, 1.82) is 0 Å². The second kappa shape index (κ2) is 5.52. The lowest BCUT2D eigenvalue weighted by Crippen LogP contribution is -2.40. The number of carbonyl (C=O) groups is 1. The number of aliphatic hydroxyl groups excluding tert-OH is 1. The highest BCUT2D eigenvalue weighted by atomic mass is 16.3. The third-order valence-corrected chi connectivity index (χ3v) is 3.61. The highest BCUT2D eigenvalue weighted by Crippen LogP contribution is 2.25. The van der Waals surface area contributed by atoms with E-state index in [1.54, 1.807) is 10.9 Å². The summed E-state index contributed by atoms with van der Waals surface area (Å²) >= 11 is 0. The lowest BCUT2D eigenvalue weighted by Gasteiger charge is -2.28. The third-order valence-electron chi connectivity index (χ3n) is 3.61. The fourth-order valence-corrected chi connectivity index (χ4v) is 2.74. The summed E-state index contributed by atoms with van der Waals surface area (Å²) in [5.41, 5.74) is 1.40. The number of aryl methyl sites for hydroxylation is 2. The molecule has 5 nitrogen and oxygen atoms in total. The molecule has 1 fully saturated rings. The van der Waals surface area contributed by atoms with E-state index in [0.29, 0.717) is 12.1 Å². The first kappa shape index (κ1) is 13.1. The van der Waals surface area contributed by atoms with Gasteiger partial charge in [-0.1, -0.05) is 12.8 Å². The standard InChI is InChI=1S/C13H21N3O2/c1-10-12(9-15(2)14-10)13(18)16(7-8-17)11-5-3-4-6-11/h9,11,17H,3-8H2,1-2H3. The van der Waals surface area contributed by atoms with Gasteiger partial charge in [0.25, 0.3) is 5.91 Å². The van der Waals surface area contributed by atoms with E-state index in [9.17, 15) is 4.79 Å². The van der Waals surface area contributed by atoms with E-state index in [4.69, 9.17) is 5.11 Å². The van der Waals surface area contributed by atoms with E-state index in [1.165, 1.54) is 12.8 Å². The van der Waals surface area contributed by atoms with E-state index in [0.717, 1.165) is 18.5 Å². The molecule has 0 saturated heterocycles. The van der Waals surface area contributed by atoms with Gasteiger partial charge in [-0.3, -0.25) is 9.48 Å². The van der Waals surface area contributed by atoms with Gasteiger partial charge < -0.3 is 10.0 Å². The predicted molar refractivity (Wildman–Crippen MR) is 68.3 cm³/mol. The van der Waals surface area contributed by atoms with Crippen molar-refractivity contribution in [2.24, 2.45) is 7.05 Å². The fourth-order valence-electron chi connectivity index (χ4n) is 2.74. The van der Waals surface area contributed by atoms with E-state index >= 15 is 0 Å². The Balaban J connectivity index is 2.19. The van der Waals surface area contributed by atoms with Crippen LogP contribution in [0.2, 0.25) is 0 Å². The largest absolute Gasteiger partial charge is 0.395 e. The lowest BCUT2D eigenvalue weighted by molar-refractivity contribution is 0.0637. The summed E-state index contributed by atoms with van der Waals surface area (Å²) in [6.45, 7) is 2.28. The zero-order chi connectivity index (χ0) is 13.1. The first-order valence-corrected chi connectivity index (χ1v) is 6.55. The van der Waals surface area contributed by atoms with Crippen LogP contribution in [-0.4, -0.2) is 44.9 Å². The Labute approximate surface area is 107 Å².